The average Bonchev–Trinajstić information content (AvgIpc) is 2.14. The summed E-state index contributed by atoms with van der Waals surface area (Å²) in [7, 11) is 0. The minimum atomic E-state index is 0.388. The third kappa shape index (κ3) is 1.54. The molecule has 0 aromatic carbocycles. The van der Waals surface area contributed by atoms with Gasteiger partial charge in [-0.2, -0.15) is 0 Å². The first-order valence-corrected chi connectivity index (χ1v) is 3.70. The summed E-state index contributed by atoms with van der Waals surface area (Å²) in [5.74, 6) is 1.58. The molecule has 0 N–H and O–H groups in total. The maximum absolute atomic E-state index is 10.8. The maximum atomic E-state index is 10.8. The van der Waals surface area contributed by atoms with Crippen LogP contribution in [0.3, 0.4) is 0 Å². The molecule has 0 aromatic heterocycles. The predicted octanol–water partition coefficient (Wildman–Crippen LogP) is 2.01. The smallest absolute Gasteiger partial charge is 0.132 e. The lowest BCUT2D eigenvalue weighted by Crippen LogP contribution is -2.05. The monoisotopic (exact) mass is 126 g/mol. The number of hydrogen-bond acceptors (Lipinski definition) is 1. The lowest BCUT2D eigenvalue weighted by Gasteiger charge is -2.01. The van der Waals surface area contributed by atoms with Gasteiger partial charge in [-0.15, -0.1) is 0 Å². The van der Waals surface area contributed by atoms with Crippen LogP contribution in [0.1, 0.15) is 33.1 Å². The summed E-state index contributed by atoms with van der Waals surface area (Å²) in [6.07, 6.45) is 3.52. The van der Waals surface area contributed by atoms with Gasteiger partial charge < -0.3 is 0 Å². The summed E-state index contributed by atoms with van der Waals surface area (Å²) in [6, 6.07) is 0. The molecule has 0 aliphatic heterocycles. The molecule has 1 aliphatic rings. The van der Waals surface area contributed by atoms with Gasteiger partial charge in [-0.05, 0) is 32.1 Å². The van der Waals surface area contributed by atoms with Gasteiger partial charge in [0.1, 0.15) is 5.78 Å². The SMILES string of the molecule is CC(=O)[C@@H]1CCC(C)C1. The second-order valence-corrected chi connectivity index (χ2v) is 3.23. The molecule has 0 radical (unpaired) electrons. The highest BCUT2D eigenvalue weighted by molar-refractivity contribution is 5.78. The summed E-state index contributed by atoms with van der Waals surface area (Å²) >= 11 is 0. The van der Waals surface area contributed by atoms with E-state index in [1.54, 1.807) is 6.92 Å². The van der Waals surface area contributed by atoms with E-state index in [0.717, 1.165) is 18.8 Å². The number of Topliss-reactive ketones (excluding diaryl/α,β-unsaturated/α-hetero) is 1. The highest BCUT2D eigenvalue weighted by Gasteiger charge is 2.23. The number of rotatable bonds is 1. The summed E-state index contributed by atoms with van der Waals surface area (Å²) in [6.45, 7) is 3.94. The summed E-state index contributed by atoms with van der Waals surface area (Å²) in [4.78, 5) is 10.8. The molecule has 0 aromatic rings. The predicted molar refractivity (Wildman–Crippen MR) is 37.2 cm³/mol. The molecule has 0 amide bonds. The lowest BCUT2D eigenvalue weighted by molar-refractivity contribution is -0.120. The number of ketones is 1. The van der Waals surface area contributed by atoms with Crippen LogP contribution in [0.2, 0.25) is 0 Å². The fourth-order valence-electron chi connectivity index (χ4n) is 1.58. The second kappa shape index (κ2) is 2.51. The van der Waals surface area contributed by atoms with E-state index < -0.39 is 0 Å². The van der Waals surface area contributed by atoms with Crippen molar-refractivity contribution in [1.82, 2.24) is 0 Å². The molecule has 1 rings (SSSR count). The molecule has 1 saturated carbocycles. The van der Waals surface area contributed by atoms with Gasteiger partial charge in [0.05, 0.1) is 0 Å². The van der Waals surface area contributed by atoms with Crippen molar-refractivity contribution in [3.8, 4) is 0 Å². The highest BCUT2D eigenvalue weighted by Crippen LogP contribution is 2.30. The van der Waals surface area contributed by atoms with Crippen molar-refractivity contribution >= 4 is 5.78 Å². The maximum Gasteiger partial charge on any atom is 0.132 e. The Morgan fingerprint density at radius 2 is 2.11 bits per heavy atom. The molecule has 1 heteroatoms. The number of carbonyl (C=O) groups is 1. The number of carbonyl (C=O) groups excluding carboxylic acids is 1. The standard InChI is InChI=1S/C8H14O/c1-6-3-4-8(5-6)7(2)9/h6,8H,3-5H2,1-2H3/t6?,8-/m1/s1. The Labute approximate surface area is 56.4 Å². The zero-order valence-electron chi connectivity index (χ0n) is 6.18. The van der Waals surface area contributed by atoms with Crippen LogP contribution >= 0.6 is 0 Å². The molecule has 0 heterocycles. The number of hydrogen-bond donors (Lipinski definition) is 0. The zero-order chi connectivity index (χ0) is 6.85. The van der Waals surface area contributed by atoms with Crippen LogP contribution in [0.5, 0.6) is 0 Å². The third-order valence-electron chi connectivity index (χ3n) is 2.27. The van der Waals surface area contributed by atoms with Gasteiger partial charge >= 0.3 is 0 Å². The molecule has 1 aliphatic carbocycles. The topological polar surface area (TPSA) is 17.1 Å². The van der Waals surface area contributed by atoms with E-state index in [9.17, 15) is 4.79 Å². The second-order valence-electron chi connectivity index (χ2n) is 3.23. The quantitative estimate of drug-likeness (QED) is 0.525. The molecule has 2 atom stereocenters. The molecular weight excluding hydrogens is 112 g/mol. The van der Waals surface area contributed by atoms with E-state index in [0.29, 0.717) is 11.7 Å². The van der Waals surface area contributed by atoms with E-state index in [1.807, 2.05) is 0 Å². The Bertz CT molecular complexity index is 118. The van der Waals surface area contributed by atoms with Crippen molar-refractivity contribution in [1.29, 1.82) is 0 Å². The van der Waals surface area contributed by atoms with Crippen molar-refractivity contribution in [3.63, 3.8) is 0 Å². The van der Waals surface area contributed by atoms with Crippen molar-refractivity contribution in [2.45, 2.75) is 33.1 Å². The Balaban J connectivity index is 2.39. The van der Waals surface area contributed by atoms with E-state index in [2.05, 4.69) is 6.92 Å². The van der Waals surface area contributed by atoms with Crippen molar-refractivity contribution in [2.75, 3.05) is 0 Å². The molecule has 1 nitrogen and oxygen atoms in total. The van der Waals surface area contributed by atoms with E-state index in [4.69, 9.17) is 0 Å². The molecule has 52 valence electrons. The van der Waals surface area contributed by atoms with Gasteiger partial charge in [0, 0.05) is 5.92 Å². The molecule has 0 bridgehead atoms. The van der Waals surface area contributed by atoms with Gasteiger partial charge in [0.2, 0.25) is 0 Å². The van der Waals surface area contributed by atoms with E-state index >= 15 is 0 Å². The molecule has 1 fully saturated rings. The lowest BCUT2D eigenvalue weighted by atomic mass is 10.0. The van der Waals surface area contributed by atoms with E-state index in [1.165, 1.54) is 6.42 Å². The van der Waals surface area contributed by atoms with Gasteiger partial charge in [-0.1, -0.05) is 6.92 Å². The fourth-order valence-corrected chi connectivity index (χ4v) is 1.58. The van der Waals surface area contributed by atoms with Gasteiger partial charge in [0.15, 0.2) is 0 Å². The first kappa shape index (κ1) is 6.79. The van der Waals surface area contributed by atoms with Crippen LogP contribution in [0, 0.1) is 11.8 Å². The van der Waals surface area contributed by atoms with Crippen LogP contribution in [-0.2, 0) is 4.79 Å². The Morgan fingerprint density at radius 1 is 1.44 bits per heavy atom. The summed E-state index contributed by atoms with van der Waals surface area (Å²) < 4.78 is 0. The average molecular weight is 126 g/mol. The van der Waals surface area contributed by atoms with Crippen molar-refractivity contribution in [3.05, 3.63) is 0 Å². The van der Waals surface area contributed by atoms with Crippen LogP contribution < -0.4 is 0 Å². The minimum absolute atomic E-state index is 0.388. The van der Waals surface area contributed by atoms with Crippen LogP contribution in [0.15, 0.2) is 0 Å². The zero-order valence-corrected chi connectivity index (χ0v) is 6.18. The summed E-state index contributed by atoms with van der Waals surface area (Å²) in [5.41, 5.74) is 0. The molecule has 1 unspecified atom stereocenters. The van der Waals surface area contributed by atoms with Gasteiger partial charge in [0.25, 0.3) is 0 Å². The Kier molecular flexibility index (Phi) is 1.89. The van der Waals surface area contributed by atoms with E-state index in [-0.39, 0.29) is 0 Å². The van der Waals surface area contributed by atoms with Crippen LogP contribution in [0.4, 0.5) is 0 Å². The van der Waals surface area contributed by atoms with Crippen LogP contribution in [0.25, 0.3) is 0 Å². The molecular formula is C8H14O. The van der Waals surface area contributed by atoms with Crippen LogP contribution in [-0.4, -0.2) is 5.78 Å². The highest BCUT2D eigenvalue weighted by atomic mass is 16.1. The Morgan fingerprint density at radius 3 is 2.33 bits per heavy atom. The third-order valence-corrected chi connectivity index (χ3v) is 2.27. The first-order valence-electron chi connectivity index (χ1n) is 3.70. The van der Waals surface area contributed by atoms with Crippen molar-refractivity contribution in [2.24, 2.45) is 11.8 Å². The molecule has 0 saturated heterocycles. The van der Waals surface area contributed by atoms with Gasteiger partial charge in [-0.3, -0.25) is 4.79 Å². The van der Waals surface area contributed by atoms with Gasteiger partial charge in [-0.25, -0.2) is 0 Å². The first-order chi connectivity index (χ1) is 4.20. The summed E-state index contributed by atoms with van der Waals surface area (Å²) in [5, 5.41) is 0. The largest absolute Gasteiger partial charge is 0.300 e. The Hall–Kier alpha value is -0.330. The normalized spacial score (nSPS) is 34.9. The fraction of sp³-hybridized carbons (Fsp3) is 0.875. The molecule has 9 heavy (non-hydrogen) atoms. The van der Waals surface area contributed by atoms with Crippen molar-refractivity contribution < 1.29 is 4.79 Å². The molecule has 0 spiro atoms. The minimum Gasteiger partial charge on any atom is -0.300 e.